The van der Waals surface area contributed by atoms with Crippen LogP contribution in [-0.4, -0.2) is 39.5 Å². The number of carbonyl (C=O) groups is 2. The van der Waals surface area contributed by atoms with Crippen molar-refractivity contribution in [3.8, 4) is 5.75 Å². The maximum atomic E-state index is 13.3. The molecule has 3 rings (SSSR count). The smallest absolute Gasteiger partial charge is 0.343 e. The minimum atomic E-state index is -4.14. The average Bonchev–Trinajstić information content (AvgIpc) is 2.72. The van der Waals surface area contributed by atoms with Crippen molar-refractivity contribution in [1.82, 2.24) is 5.32 Å². The van der Waals surface area contributed by atoms with Crippen LogP contribution in [0.15, 0.2) is 53.4 Å². The van der Waals surface area contributed by atoms with E-state index >= 15 is 0 Å². The van der Waals surface area contributed by atoms with Crippen LogP contribution in [0.5, 0.6) is 5.75 Å². The molecule has 30 heavy (non-hydrogen) atoms. The Morgan fingerprint density at radius 1 is 1.10 bits per heavy atom. The number of nitrogens with one attached hydrogen (secondary N) is 1. The first-order valence-corrected chi connectivity index (χ1v) is 11.2. The zero-order chi connectivity index (χ0) is 21.9. The first-order chi connectivity index (χ1) is 14.3. The number of hydrogen-bond acceptors (Lipinski definition) is 5. The van der Waals surface area contributed by atoms with Crippen LogP contribution < -0.4 is 19.3 Å². The molecule has 8 nitrogen and oxygen atoms in total. The highest BCUT2D eigenvalue weighted by Gasteiger charge is 2.43. The highest BCUT2D eigenvalue weighted by atomic mass is 32.2. The molecular weight excluding hydrogens is 406 g/mol. The number of benzene rings is 2. The molecule has 0 bridgehead atoms. The molecule has 1 aliphatic heterocycles. The maximum absolute atomic E-state index is 13.3. The molecule has 0 aliphatic carbocycles. The van der Waals surface area contributed by atoms with Crippen LogP contribution >= 0.6 is 0 Å². The van der Waals surface area contributed by atoms with Gasteiger partial charge in [-0.1, -0.05) is 19.1 Å². The molecule has 0 saturated carbocycles. The van der Waals surface area contributed by atoms with Gasteiger partial charge in [-0.3, -0.25) is 9.69 Å². The monoisotopic (exact) mass is 431 g/mol. The second-order valence-electron chi connectivity index (χ2n) is 6.91. The van der Waals surface area contributed by atoms with E-state index in [-0.39, 0.29) is 34.8 Å². The molecule has 2 aromatic rings. The minimum absolute atomic E-state index is 0.0326. The van der Waals surface area contributed by atoms with Gasteiger partial charge in [-0.15, -0.1) is 0 Å². The topological polar surface area (TPSA) is 96.0 Å². The number of urea groups is 1. The summed E-state index contributed by atoms with van der Waals surface area (Å²) in [5, 5.41) is 2.81. The van der Waals surface area contributed by atoms with E-state index in [1.807, 2.05) is 20.8 Å². The van der Waals surface area contributed by atoms with Gasteiger partial charge in [0, 0.05) is 6.04 Å². The van der Waals surface area contributed by atoms with Gasteiger partial charge in [-0.05, 0) is 56.7 Å². The number of anilines is 2. The van der Waals surface area contributed by atoms with Crippen molar-refractivity contribution < 1.29 is 22.7 Å². The Balaban J connectivity index is 2.02. The van der Waals surface area contributed by atoms with Gasteiger partial charge in [0.05, 0.1) is 18.0 Å². The summed E-state index contributed by atoms with van der Waals surface area (Å²) in [6.45, 7) is 5.81. The van der Waals surface area contributed by atoms with E-state index < -0.39 is 16.1 Å². The van der Waals surface area contributed by atoms with Crippen molar-refractivity contribution in [1.29, 1.82) is 0 Å². The molecule has 0 saturated heterocycles. The van der Waals surface area contributed by atoms with Gasteiger partial charge >= 0.3 is 6.03 Å². The summed E-state index contributed by atoms with van der Waals surface area (Å²) in [4.78, 5) is 26.9. The van der Waals surface area contributed by atoms with Crippen LogP contribution in [0.3, 0.4) is 0 Å². The summed E-state index contributed by atoms with van der Waals surface area (Å²) in [5.41, 5.74) is 0.356. The van der Waals surface area contributed by atoms with E-state index in [2.05, 4.69) is 5.32 Å². The highest BCUT2D eigenvalue weighted by molar-refractivity contribution is 7.94. The SMILES string of the molecule is CCOc1ccc(N2C(=O)N(CC(=O)N[C@@H](C)CC)c3ccccc3S2(=O)=O)cc1. The number of ether oxygens (including phenoxy) is 1. The third-order valence-corrected chi connectivity index (χ3v) is 6.53. The van der Waals surface area contributed by atoms with Crippen LogP contribution in [0, 0.1) is 0 Å². The largest absolute Gasteiger partial charge is 0.494 e. The lowest BCUT2D eigenvalue weighted by Crippen LogP contribution is -2.54. The van der Waals surface area contributed by atoms with E-state index in [4.69, 9.17) is 4.74 Å². The fourth-order valence-electron chi connectivity index (χ4n) is 3.12. The lowest BCUT2D eigenvalue weighted by atomic mass is 10.2. The summed E-state index contributed by atoms with van der Waals surface area (Å²) in [5.74, 6) is 0.201. The van der Waals surface area contributed by atoms with Crippen LogP contribution in [-0.2, 0) is 14.8 Å². The Bertz CT molecular complexity index is 1040. The first kappa shape index (κ1) is 21.6. The van der Waals surface area contributed by atoms with E-state index in [1.165, 1.54) is 29.2 Å². The average molecular weight is 432 g/mol. The molecule has 0 fully saturated rings. The Labute approximate surface area is 176 Å². The van der Waals surface area contributed by atoms with Crippen LogP contribution in [0.2, 0.25) is 0 Å². The Morgan fingerprint density at radius 2 is 1.77 bits per heavy atom. The zero-order valence-electron chi connectivity index (χ0n) is 17.2. The van der Waals surface area contributed by atoms with Crippen molar-refractivity contribution in [3.05, 3.63) is 48.5 Å². The summed E-state index contributed by atoms with van der Waals surface area (Å²) in [6.07, 6.45) is 0.739. The second kappa shape index (κ2) is 8.74. The third-order valence-electron chi connectivity index (χ3n) is 4.78. The number of fused-ring (bicyclic) bond motifs is 1. The second-order valence-corrected chi connectivity index (χ2v) is 8.66. The molecule has 1 atom stereocenters. The number of sulfonamides is 1. The van der Waals surface area contributed by atoms with Crippen LogP contribution in [0.4, 0.5) is 16.2 Å². The van der Waals surface area contributed by atoms with Gasteiger partial charge in [0.25, 0.3) is 10.0 Å². The Kier molecular flexibility index (Phi) is 6.31. The molecule has 3 amide bonds. The summed E-state index contributed by atoms with van der Waals surface area (Å²) in [6, 6.07) is 11.5. The van der Waals surface area contributed by atoms with E-state index in [0.29, 0.717) is 12.4 Å². The molecule has 1 aliphatic rings. The van der Waals surface area contributed by atoms with Crippen molar-refractivity contribution in [2.24, 2.45) is 0 Å². The maximum Gasteiger partial charge on any atom is 0.343 e. The van der Waals surface area contributed by atoms with Gasteiger partial charge in [0.2, 0.25) is 5.91 Å². The van der Waals surface area contributed by atoms with Crippen molar-refractivity contribution >= 4 is 33.3 Å². The first-order valence-electron chi connectivity index (χ1n) is 9.77. The third kappa shape index (κ3) is 4.11. The van der Waals surface area contributed by atoms with Crippen LogP contribution in [0.1, 0.15) is 27.2 Å². The predicted octanol–water partition coefficient (Wildman–Crippen LogP) is 3.14. The molecule has 0 aromatic heterocycles. The van der Waals surface area contributed by atoms with Gasteiger partial charge in [-0.2, -0.15) is 4.31 Å². The zero-order valence-corrected chi connectivity index (χ0v) is 18.0. The van der Waals surface area contributed by atoms with Crippen molar-refractivity contribution in [2.45, 2.75) is 38.1 Å². The molecule has 2 aromatic carbocycles. The molecule has 0 spiro atoms. The highest BCUT2D eigenvalue weighted by Crippen LogP contribution is 2.37. The van der Waals surface area contributed by atoms with E-state index in [1.54, 1.807) is 24.3 Å². The lowest BCUT2D eigenvalue weighted by Gasteiger charge is -2.36. The minimum Gasteiger partial charge on any atom is -0.494 e. The molecule has 9 heteroatoms. The number of nitrogens with zero attached hydrogens (tertiary/aromatic N) is 2. The quantitative estimate of drug-likeness (QED) is 0.727. The van der Waals surface area contributed by atoms with E-state index in [9.17, 15) is 18.0 Å². The standard InChI is InChI=1S/C21H25N3O5S/c1-4-15(3)22-20(25)14-23-18-8-6-7-9-19(18)30(27,28)24(21(23)26)16-10-12-17(13-11-16)29-5-2/h6-13,15H,4-5,14H2,1-3H3,(H,22,25)/t15-/m0/s1. The van der Waals surface area contributed by atoms with Crippen molar-refractivity contribution in [3.63, 3.8) is 0 Å². The van der Waals surface area contributed by atoms with E-state index in [0.717, 1.165) is 10.7 Å². The fraction of sp³-hybridized carbons (Fsp3) is 0.333. The number of amides is 3. The molecule has 0 radical (unpaired) electrons. The number of carbonyl (C=O) groups excluding carboxylic acids is 2. The van der Waals surface area contributed by atoms with Crippen molar-refractivity contribution in [2.75, 3.05) is 22.4 Å². The molecular formula is C21H25N3O5S. The lowest BCUT2D eigenvalue weighted by molar-refractivity contribution is -0.120. The predicted molar refractivity (Wildman–Crippen MR) is 114 cm³/mol. The molecule has 0 unspecified atom stereocenters. The molecule has 1 N–H and O–H groups in total. The van der Waals surface area contributed by atoms with Gasteiger partial charge in [-0.25, -0.2) is 13.2 Å². The fourth-order valence-corrected chi connectivity index (χ4v) is 4.72. The molecule has 160 valence electrons. The number of hydrogen-bond donors (Lipinski definition) is 1. The Hall–Kier alpha value is -3.07. The van der Waals surface area contributed by atoms with Gasteiger partial charge in [0.15, 0.2) is 0 Å². The van der Waals surface area contributed by atoms with Gasteiger partial charge < -0.3 is 10.1 Å². The van der Waals surface area contributed by atoms with Gasteiger partial charge in [0.1, 0.15) is 17.2 Å². The Morgan fingerprint density at radius 3 is 2.40 bits per heavy atom. The summed E-state index contributed by atoms with van der Waals surface area (Å²) in [7, 11) is -4.14. The number of para-hydroxylation sites is 1. The summed E-state index contributed by atoms with van der Waals surface area (Å²) >= 11 is 0. The number of rotatable bonds is 7. The van der Waals surface area contributed by atoms with Crippen LogP contribution in [0.25, 0.3) is 0 Å². The molecule has 1 heterocycles. The summed E-state index contributed by atoms with van der Waals surface area (Å²) < 4.78 is 32.6. The normalized spacial score (nSPS) is 16.0.